The average Bonchev–Trinajstić information content (AvgIpc) is 2.72. The number of rotatable bonds is 2. The molecule has 0 atom stereocenters. The Kier molecular flexibility index (Phi) is 3.30. The quantitative estimate of drug-likeness (QED) is 0.370. The van der Waals surface area contributed by atoms with Crippen molar-refractivity contribution in [3.63, 3.8) is 0 Å². The van der Waals surface area contributed by atoms with Crippen molar-refractivity contribution in [2.75, 3.05) is 5.32 Å². The van der Waals surface area contributed by atoms with Crippen LogP contribution in [0.5, 0.6) is 0 Å². The van der Waals surface area contributed by atoms with Crippen LogP contribution in [0.1, 0.15) is 31.8 Å². The van der Waals surface area contributed by atoms with Gasteiger partial charge in [0.25, 0.3) is 0 Å². The Morgan fingerprint density at radius 1 is 0.750 bits per heavy atom. The smallest absolute Gasteiger partial charge is 0.211 e. The average molecular weight is 368 g/mol. The minimum Gasteiger partial charge on any atom is -0.354 e. The third kappa shape index (κ3) is 2.02. The molecule has 28 heavy (non-hydrogen) atoms. The summed E-state index contributed by atoms with van der Waals surface area (Å²) in [4.78, 5) is 53.3. The highest BCUT2D eigenvalue weighted by Gasteiger charge is 2.33. The largest absolute Gasteiger partial charge is 0.354 e. The SMILES string of the molecule is O=CNc1cccc2c1C(=O)c1ccc3c(=O)c4ccccc4[nH]c3c1C2=O. The van der Waals surface area contributed by atoms with Crippen molar-refractivity contribution in [3.05, 3.63) is 87.1 Å². The zero-order valence-electron chi connectivity index (χ0n) is 14.4. The molecule has 4 aromatic rings. The van der Waals surface area contributed by atoms with E-state index in [4.69, 9.17) is 0 Å². The summed E-state index contributed by atoms with van der Waals surface area (Å²) in [5, 5.41) is 3.34. The molecule has 6 heteroatoms. The number of pyridine rings is 1. The summed E-state index contributed by atoms with van der Waals surface area (Å²) < 4.78 is 0. The van der Waals surface area contributed by atoms with Gasteiger partial charge in [0, 0.05) is 27.4 Å². The van der Waals surface area contributed by atoms with Crippen LogP contribution < -0.4 is 10.7 Å². The van der Waals surface area contributed by atoms with E-state index in [2.05, 4.69) is 10.3 Å². The lowest BCUT2D eigenvalue weighted by Gasteiger charge is -2.21. The van der Waals surface area contributed by atoms with Gasteiger partial charge < -0.3 is 10.3 Å². The van der Waals surface area contributed by atoms with Crippen molar-refractivity contribution >= 4 is 45.5 Å². The number of aromatic amines is 1. The molecule has 1 amide bonds. The maximum absolute atomic E-state index is 13.3. The van der Waals surface area contributed by atoms with Crippen molar-refractivity contribution in [3.8, 4) is 0 Å². The van der Waals surface area contributed by atoms with Crippen LogP contribution in [-0.2, 0) is 4.79 Å². The van der Waals surface area contributed by atoms with Gasteiger partial charge in [0.1, 0.15) is 0 Å². The number of carbonyl (C=O) groups is 3. The molecule has 2 N–H and O–H groups in total. The fourth-order valence-electron chi connectivity index (χ4n) is 3.86. The molecule has 0 saturated heterocycles. The van der Waals surface area contributed by atoms with Gasteiger partial charge in [0.2, 0.25) is 6.41 Å². The summed E-state index contributed by atoms with van der Waals surface area (Å²) >= 11 is 0. The molecular weight excluding hydrogens is 356 g/mol. The number of nitrogens with one attached hydrogen (secondary N) is 2. The number of amides is 1. The first-order chi connectivity index (χ1) is 13.6. The summed E-state index contributed by atoms with van der Waals surface area (Å²) in [7, 11) is 0. The number of anilines is 1. The number of hydrogen-bond donors (Lipinski definition) is 2. The van der Waals surface area contributed by atoms with Gasteiger partial charge in [0.05, 0.1) is 22.3 Å². The maximum Gasteiger partial charge on any atom is 0.211 e. The minimum atomic E-state index is -0.370. The summed E-state index contributed by atoms with van der Waals surface area (Å²) in [6, 6.07) is 14.8. The van der Waals surface area contributed by atoms with E-state index < -0.39 is 0 Å². The molecule has 1 aliphatic rings. The zero-order chi connectivity index (χ0) is 19.4. The highest BCUT2D eigenvalue weighted by atomic mass is 16.1. The summed E-state index contributed by atoms with van der Waals surface area (Å²) in [5.41, 5.74) is 1.77. The molecule has 0 fully saturated rings. The molecule has 1 aliphatic carbocycles. The Morgan fingerprint density at radius 3 is 2.32 bits per heavy atom. The lowest BCUT2D eigenvalue weighted by Crippen LogP contribution is -2.24. The van der Waals surface area contributed by atoms with Gasteiger partial charge in [-0.3, -0.25) is 19.2 Å². The van der Waals surface area contributed by atoms with Gasteiger partial charge >= 0.3 is 0 Å². The van der Waals surface area contributed by atoms with E-state index in [-0.39, 0.29) is 44.9 Å². The van der Waals surface area contributed by atoms with Gasteiger partial charge in [-0.25, -0.2) is 0 Å². The van der Waals surface area contributed by atoms with Gasteiger partial charge in [-0.05, 0) is 30.3 Å². The predicted octanol–water partition coefficient (Wildman–Crippen LogP) is 3.03. The Labute approximate surface area is 157 Å². The first-order valence-corrected chi connectivity index (χ1v) is 8.62. The summed E-state index contributed by atoms with van der Waals surface area (Å²) in [6.07, 6.45) is 0.465. The number of benzene rings is 3. The van der Waals surface area contributed by atoms with Crippen LogP contribution in [0.15, 0.2) is 59.4 Å². The Hall–Kier alpha value is -4.06. The van der Waals surface area contributed by atoms with Crippen LogP contribution in [0, 0.1) is 0 Å². The molecule has 3 aromatic carbocycles. The van der Waals surface area contributed by atoms with Gasteiger partial charge in [-0.1, -0.05) is 24.3 Å². The molecule has 0 radical (unpaired) electrons. The molecule has 1 aromatic heterocycles. The molecule has 0 saturated carbocycles. The number of fused-ring (bicyclic) bond motifs is 5. The van der Waals surface area contributed by atoms with Crippen LogP contribution >= 0.6 is 0 Å². The number of aromatic nitrogens is 1. The standard InChI is InChI=1S/C22H12N2O4/c25-10-23-16-7-3-5-12-17(16)21(27)13-8-9-14-19(18(13)22(12)28)24-15-6-2-1-4-11(15)20(14)26/h1-10H,(H,23,25)(H,24,26). The fourth-order valence-corrected chi connectivity index (χ4v) is 3.86. The van der Waals surface area contributed by atoms with E-state index >= 15 is 0 Å². The maximum atomic E-state index is 13.3. The molecule has 1 heterocycles. The van der Waals surface area contributed by atoms with E-state index in [1.165, 1.54) is 6.07 Å². The van der Waals surface area contributed by atoms with Crippen molar-refractivity contribution in [1.82, 2.24) is 4.98 Å². The fraction of sp³-hybridized carbons (Fsp3) is 0. The van der Waals surface area contributed by atoms with E-state index in [0.717, 1.165) is 0 Å². The third-order valence-corrected chi connectivity index (χ3v) is 5.10. The van der Waals surface area contributed by atoms with Gasteiger partial charge in [-0.2, -0.15) is 0 Å². The Bertz CT molecular complexity index is 1420. The second kappa shape index (κ2) is 5.72. The highest BCUT2D eigenvalue weighted by molar-refractivity contribution is 6.33. The topological polar surface area (TPSA) is 96.1 Å². The molecule has 0 spiro atoms. The summed E-state index contributed by atoms with van der Waals surface area (Å²) in [5.74, 6) is -0.735. The van der Waals surface area contributed by atoms with Gasteiger partial charge in [0.15, 0.2) is 17.0 Å². The Morgan fingerprint density at radius 2 is 1.50 bits per heavy atom. The van der Waals surface area contributed by atoms with Crippen LogP contribution in [0.2, 0.25) is 0 Å². The highest BCUT2D eigenvalue weighted by Crippen LogP contribution is 2.34. The first-order valence-electron chi connectivity index (χ1n) is 8.62. The number of hydrogen-bond acceptors (Lipinski definition) is 4. The summed E-state index contributed by atoms with van der Waals surface area (Å²) in [6.45, 7) is 0. The van der Waals surface area contributed by atoms with Crippen LogP contribution in [0.3, 0.4) is 0 Å². The van der Waals surface area contributed by atoms with E-state index in [0.29, 0.717) is 28.2 Å². The first kappa shape index (κ1) is 16.1. The van der Waals surface area contributed by atoms with E-state index in [1.807, 2.05) is 0 Å². The zero-order valence-corrected chi connectivity index (χ0v) is 14.4. The number of carbonyl (C=O) groups excluding carboxylic acids is 3. The minimum absolute atomic E-state index is 0.162. The number of para-hydroxylation sites is 1. The normalized spacial score (nSPS) is 12.7. The van der Waals surface area contributed by atoms with Crippen LogP contribution in [0.4, 0.5) is 5.69 Å². The second-order valence-electron chi connectivity index (χ2n) is 6.56. The predicted molar refractivity (Wildman–Crippen MR) is 105 cm³/mol. The molecule has 0 unspecified atom stereocenters. The van der Waals surface area contributed by atoms with Crippen molar-refractivity contribution < 1.29 is 14.4 Å². The molecule has 0 aliphatic heterocycles. The molecule has 0 bridgehead atoms. The van der Waals surface area contributed by atoms with Crippen molar-refractivity contribution in [1.29, 1.82) is 0 Å². The lowest BCUT2D eigenvalue weighted by atomic mass is 9.82. The lowest BCUT2D eigenvalue weighted by molar-refractivity contribution is -0.105. The van der Waals surface area contributed by atoms with Crippen molar-refractivity contribution in [2.24, 2.45) is 0 Å². The van der Waals surface area contributed by atoms with Crippen LogP contribution in [-0.4, -0.2) is 23.0 Å². The van der Waals surface area contributed by atoms with Crippen LogP contribution in [0.25, 0.3) is 21.8 Å². The molecular formula is C22H12N2O4. The number of H-pyrrole nitrogens is 1. The van der Waals surface area contributed by atoms with Gasteiger partial charge in [-0.15, -0.1) is 0 Å². The third-order valence-electron chi connectivity index (χ3n) is 5.10. The molecule has 5 rings (SSSR count). The van der Waals surface area contributed by atoms with E-state index in [9.17, 15) is 19.2 Å². The Balaban J connectivity index is 1.89. The molecule has 134 valence electrons. The number of ketones is 2. The molecule has 6 nitrogen and oxygen atoms in total. The monoisotopic (exact) mass is 368 g/mol. The second-order valence-corrected chi connectivity index (χ2v) is 6.56. The van der Waals surface area contributed by atoms with E-state index in [1.54, 1.807) is 48.5 Å². The van der Waals surface area contributed by atoms with Crippen molar-refractivity contribution in [2.45, 2.75) is 0 Å².